The number of pyridine rings is 1. The van der Waals surface area contributed by atoms with Crippen molar-refractivity contribution in [3.8, 4) is 5.82 Å². The fraction of sp³-hybridized carbons (Fsp3) is 0.200. The van der Waals surface area contributed by atoms with Crippen LogP contribution in [-0.4, -0.2) is 32.9 Å². The molecule has 1 aliphatic heterocycles. The molecular weight excluding hydrogens is 380 g/mol. The first-order valence-electron chi connectivity index (χ1n) is 8.98. The molecule has 2 amide bonds. The maximum Gasteiger partial charge on any atom is 0.228 e. The Balaban J connectivity index is 1.37. The molecule has 0 bridgehead atoms. The van der Waals surface area contributed by atoms with Crippen molar-refractivity contribution < 1.29 is 18.4 Å². The normalized spacial score (nSPS) is 16.3. The van der Waals surface area contributed by atoms with E-state index in [1.165, 1.54) is 6.07 Å². The number of halogens is 2. The molecule has 4 rings (SSSR count). The highest BCUT2D eigenvalue weighted by molar-refractivity contribution is 6.00. The second kappa shape index (κ2) is 7.78. The average Bonchev–Trinajstić information content (AvgIpc) is 3.37. The van der Waals surface area contributed by atoms with Crippen molar-refractivity contribution in [1.29, 1.82) is 0 Å². The van der Waals surface area contributed by atoms with E-state index in [0.717, 1.165) is 22.6 Å². The monoisotopic (exact) mass is 397 g/mol. The molecule has 1 unspecified atom stereocenters. The largest absolute Gasteiger partial charge is 0.352 e. The van der Waals surface area contributed by atoms with Crippen molar-refractivity contribution in [2.75, 3.05) is 11.4 Å². The van der Waals surface area contributed by atoms with E-state index in [2.05, 4.69) is 15.3 Å². The molecule has 9 heteroatoms. The van der Waals surface area contributed by atoms with Gasteiger partial charge in [0.15, 0.2) is 0 Å². The average molecular weight is 397 g/mol. The summed E-state index contributed by atoms with van der Waals surface area (Å²) in [5, 5.41) is 2.75. The quantitative estimate of drug-likeness (QED) is 0.716. The molecule has 2 aromatic heterocycles. The fourth-order valence-corrected chi connectivity index (χ4v) is 3.25. The maximum absolute atomic E-state index is 14.0. The molecule has 1 atom stereocenters. The smallest absolute Gasteiger partial charge is 0.228 e. The van der Waals surface area contributed by atoms with Crippen molar-refractivity contribution in [3.63, 3.8) is 0 Å². The summed E-state index contributed by atoms with van der Waals surface area (Å²) in [6, 6.07) is 7.01. The van der Waals surface area contributed by atoms with Gasteiger partial charge in [0.05, 0.1) is 5.92 Å². The predicted octanol–water partition coefficient (Wildman–Crippen LogP) is 2.21. The Morgan fingerprint density at radius 3 is 2.66 bits per heavy atom. The standard InChI is InChI=1S/C20H17F2N5O2/c21-15-2-1-3-16(22)19(15)27-11-14(8-18(27)28)20(29)25-10-13-4-5-17(24-9-13)26-7-6-23-12-26/h1-7,9,12,14H,8,10-11H2,(H,25,29). The molecule has 0 radical (unpaired) electrons. The number of nitrogens with zero attached hydrogens (tertiary/aromatic N) is 4. The molecule has 1 saturated heterocycles. The molecule has 1 N–H and O–H groups in total. The minimum Gasteiger partial charge on any atom is -0.352 e. The van der Waals surface area contributed by atoms with Crippen LogP contribution in [0.1, 0.15) is 12.0 Å². The van der Waals surface area contributed by atoms with Crippen LogP contribution in [0.4, 0.5) is 14.5 Å². The SMILES string of the molecule is O=C(NCc1ccc(-n2ccnc2)nc1)C1CC(=O)N(c2c(F)cccc2F)C1. The molecule has 1 aromatic carbocycles. The van der Waals surface area contributed by atoms with E-state index in [-0.39, 0.29) is 25.4 Å². The zero-order chi connectivity index (χ0) is 20.4. The zero-order valence-electron chi connectivity index (χ0n) is 15.3. The van der Waals surface area contributed by atoms with Crippen LogP contribution in [0.15, 0.2) is 55.2 Å². The topological polar surface area (TPSA) is 80.1 Å². The summed E-state index contributed by atoms with van der Waals surface area (Å²) in [7, 11) is 0. The Morgan fingerprint density at radius 1 is 1.21 bits per heavy atom. The lowest BCUT2D eigenvalue weighted by molar-refractivity contribution is -0.126. The lowest BCUT2D eigenvalue weighted by Crippen LogP contribution is -2.33. The van der Waals surface area contributed by atoms with Gasteiger partial charge in [0.2, 0.25) is 11.8 Å². The first-order valence-corrected chi connectivity index (χ1v) is 8.98. The second-order valence-corrected chi connectivity index (χ2v) is 6.69. The van der Waals surface area contributed by atoms with Crippen LogP contribution in [0, 0.1) is 17.6 Å². The Kier molecular flexibility index (Phi) is 5.03. The van der Waals surface area contributed by atoms with Gasteiger partial charge >= 0.3 is 0 Å². The molecule has 29 heavy (non-hydrogen) atoms. The van der Waals surface area contributed by atoms with Crippen LogP contribution in [0.3, 0.4) is 0 Å². The summed E-state index contributed by atoms with van der Waals surface area (Å²) in [5.41, 5.74) is 0.371. The molecule has 1 aliphatic rings. The van der Waals surface area contributed by atoms with Crippen LogP contribution in [0.25, 0.3) is 5.82 Å². The van der Waals surface area contributed by atoms with Crippen LogP contribution in [0.5, 0.6) is 0 Å². The predicted molar refractivity (Wildman–Crippen MR) is 100 cm³/mol. The lowest BCUT2D eigenvalue weighted by Gasteiger charge is -2.18. The van der Waals surface area contributed by atoms with Gasteiger partial charge in [0.25, 0.3) is 0 Å². The number of imidazole rings is 1. The maximum atomic E-state index is 14.0. The summed E-state index contributed by atoms with van der Waals surface area (Å²) >= 11 is 0. The minimum absolute atomic E-state index is 0.0691. The highest BCUT2D eigenvalue weighted by Crippen LogP contribution is 2.29. The number of hydrogen-bond acceptors (Lipinski definition) is 4. The van der Waals surface area contributed by atoms with Crippen LogP contribution < -0.4 is 10.2 Å². The Hall–Kier alpha value is -3.62. The highest BCUT2D eigenvalue weighted by Gasteiger charge is 2.37. The molecule has 7 nitrogen and oxygen atoms in total. The zero-order valence-corrected chi connectivity index (χ0v) is 15.3. The van der Waals surface area contributed by atoms with Gasteiger partial charge < -0.3 is 10.2 Å². The van der Waals surface area contributed by atoms with Gasteiger partial charge in [-0.05, 0) is 23.8 Å². The van der Waals surface area contributed by atoms with E-state index in [1.54, 1.807) is 35.6 Å². The van der Waals surface area contributed by atoms with Crippen molar-refractivity contribution in [2.45, 2.75) is 13.0 Å². The molecule has 0 saturated carbocycles. The van der Waals surface area contributed by atoms with E-state index in [9.17, 15) is 18.4 Å². The second-order valence-electron chi connectivity index (χ2n) is 6.69. The van der Waals surface area contributed by atoms with Gasteiger partial charge in [-0.15, -0.1) is 0 Å². The summed E-state index contributed by atoms with van der Waals surface area (Å²) in [4.78, 5) is 33.9. The van der Waals surface area contributed by atoms with Crippen LogP contribution in [0.2, 0.25) is 0 Å². The molecule has 148 valence electrons. The molecule has 3 heterocycles. The number of para-hydroxylation sites is 1. The van der Waals surface area contributed by atoms with Gasteiger partial charge in [-0.3, -0.25) is 14.2 Å². The first kappa shape index (κ1) is 18.7. The molecular formula is C20H17F2N5O2. The Bertz CT molecular complexity index is 1020. The summed E-state index contributed by atoms with van der Waals surface area (Å²) in [6.45, 7) is 0.162. The van der Waals surface area contributed by atoms with E-state index < -0.39 is 29.1 Å². The van der Waals surface area contributed by atoms with Crippen LogP contribution in [-0.2, 0) is 16.1 Å². The van der Waals surface area contributed by atoms with Gasteiger partial charge in [-0.25, -0.2) is 18.7 Å². The summed E-state index contributed by atoms with van der Waals surface area (Å²) < 4.78 is 29.7. The Morgan fingerprint density at radius 2 is 2.00 bits per heavy atom. The third-order valence-corrected chi connectivity index (χ3v) is 4.75. The molecule has 1 fully saturated rings. The van der Waals surface area contributed by atoms with Crippen molar-refractivity contribution in [2.24, 2.45) is 5.92 Å². The Labute approximate surface area is 165 Å². The third kappa shape index (κ3) is 3.84. The first-order chi connectivity index (χ1) is 14.0. The summed E-state index contributed by atoms with van der Waals surface area (Å²) in [6.07, 6.45) is 6.58. The van der Waals surface area contributed by atoms with E-state index in [1.807, 2.05) is 6.07 Å². The number of hydrogen-bond donors (Lipinski definition) is 1. The minimum atomic E-state index is -0.830. The van der Waals surface area contributed by atoms with Crippen LogP contribution >= 0.6 is 0 Å². The van der Waals surface area contributed by atoms with E-state index >= 15 is 0 Å². The number of nitrogens with one attached hydrogen (secondary N) is 1. The summed E-state index contributed by atoms with van der Waals surface area (Å²) in [5.74, 6) is -2.48. The number of anilines is 1. The van der Waals surface area contributed by atoms with Crippen molar-refractivity contribution in [3.05, 3.63) is 72.4 Å². The van der Waals surface area contributed by atoms with E-state index in [4.69, 9.17) is 0 Å². The van der Waals surface area contributed by atoms with E-state index in [0.29, 0.717) is 5.82 Å². The van der Waals surface area contributed by atoms with Gasteiger partial charge in [0, 0.05) is 38.1 Å². The van der Waals surface area contributed by atoms with Crippen molar-refractivity contribution >= 4 is 17.5 Å². The molecule has 0 aliphatic carbocycles. The highest BCUT2D eigenvalue weighted by atomic mass is 19.1. The number of aromatic nitrogens is 3. The number of amides is 2. The third-order valence-electron chi connectivity index (χ3n) is 4.75. The number of rotatable bonds is 5. The number of benzene rings is 1. The van der Waals surface area contributed by atoms with Gasteiger partial charge in [-0.1, -0.05) is 12.1 Å². The van der Waals surface area contributed by atoms with Gasteiger partial charge in [0.1, 0.15) is 29.5 Å². The number of carbonyl (C=O) groups is 2. The van der Waals surface area contributed by atoms with Gasteiger partial charge in [-0.2, -0.15) is 0 Å². The number of carbonyl (C=O) groups excluding carboxylic acids is 2. The molecule has 0 spiro atoms. The van der Waals surface area contributed by atoms with Crippen molar-refractivity contribution in [1.82, 2.24) is 19.9 Å². The lowest BCUT2D eigenvalue weighted by atomic mass is 10.1. The fourth-order valence-electron chi connectivity index (χ4n) is 3.25. The molecule has 3 aromatic rings.